The molecule has 122 valence electrons. The molecule has 0 amide bonds. The summed E-state index contributed by atoms with van der Waals surface area (Å²) >= 11 is 0. The van der Waals surface area contributed by atoms with Crippen LogP contribution in [0.5, 0.6) is 0 Å². The quantitative estimate of drug-likeness (QED) is 0.601. The molecular weight excluding hydrogens is 316 g/mol. The second-order valence-electron chi connectivity index (χ2n) is 5.62. The van der Waals surface area contributed by atoms with E-state index in [0.29, 0.717) is 22.7 Å². The molecule has 6 heteroatoms. The van der Waals surface area contributed by atoms with Crippen LogP contribution in [0.25, 0.3) is 28.2 Å². The van der Waals surface area contributed by atoms with Crippen molar-refractivity contribution in [1.82, 2.24) is 14.4 Å². The van der Waals surface area contributed by atoms with Crippen LogP contribution in [-0.4, -0.2) is 25.4 Å². The molecule has 4 aromatic rings. The Balaban J connectivity index is 1.85. The van der Waals surface area contributed by atoms with Gasteiger partial charge in [0.15, 0.2) is 11.5 Å². The molecule has 25 heavy (non-hydrogen) atoms. The van der Waals surface area contributed by atoms with E-state index in [-0.39, 0.29) is 5.56 Å². The standard InChI is InChI=1S/C19H14N4O2/c20-17-18-22-15(12-5-2-1-3-6-12)10-23(18)11-16(21-17)13-7-4-8-14(9-13)19(24)25/h1-11H,(H2,20,21)(H,24,25). The fraction of sp³-hybridized carbons (Fsp3) is 0. The predicted octanol–water partition coefficient (Wildman–Crippen LogP) is 3.34. The number of aromatic nitrogens is 3. The number of aromatic carboxylic acids is 1. The highest BCUT2D eigenvalue weighted by Crippen LogP contribution is 2.25. The monoisotopic (exact) mass is 330 g/mol. The van der Waals surface area contributed by atoms with Gasteiger partial charge in [0.2, 0.25) is 0 Å². The number of nitrogen functional groups attached to an aromatic ring is 1. The van der Waals surface area contributed by atoms with Crippen molar-refractivity contribution < 1.29 is 9.90 Å². The Morgan fingerprint density at radius 3 is 2.32 bits per heavy atom. The van der Waals surface area contributed by atoms with Gasteiger partial charge >= 0.3 is 5.97 Å². The minimum absolute atomic E-state index is 0.202. The molecule has 0 saturated heterocycles. The van der Waals surface area contributed by atoms with Crippen LogP contribution < -0.4 is 5.73 Å². The summed E-state index contributed by atoms with van der Waals surface area (Å²) in [6.07, 6.45) is 3.68. The van der Waals surface area contributed by atoms with Gasteiger partial charge in [0, 0.05) is 23.5 Å². The molecule has 0 unspecified atom stereocenters. The fourth-order valence-corrected chi connectivity index (χ4v) is 2.72. The molecule has 0 atom stereocenters. The second kappa shape index (κ2) is 5.76. The molecule has 2 aromatic heterocycles. The van der Waals surface area contributed by atoms with Crippen molar-refractivity contribution in [1.29, 1.82) is 0 Å². The van der Waals surface area contributed by atoms with Crippen molar-refractivity contribution in [3.63, 3.8) is 0 Å². The van der Waals surface area contributed by atoms with Crippen molar-refractivity contribution in [2.24, 2.45) is 0 Å². The van der Waals surface area contributed by atoms with E-state index in [1.165, 1.54) is 0 Å². The van der Waals surface area contributed by atoms with Crippen LogP contribution in [0.1, 0.15) is 10.4 Å². The molecule has 0 saturated carbocycles. The number of rotatable bonds is 3. The minimum Gasteiger partial charge on any atom is -0.478 e. The van der Waals surface area contributed by atoms with Crippen LogP contribution in [0.2, 0.25) is 0 Å². The Bertz CT molecular complexity index is 1090. The molecule has 6 nitrogen and oxygen atoms in total. The minimum atomic E-state index is -0.982. The Morgan fingerprint density at radius 1 is 0.920 bits per heavy atom. The van der Waals surface area contributed by atoms with Crippen LogP contribution in [0.3, 0.4) is 0 Å². The number of imidazole rings is 1. The largest absolute Gasteiger partial charge is 0.478 e. The van der Waals surface area contributed by atoms with Crippen LogP contribution in [0.15, 0.2) is 67.0 Å². The summed E-state index contributed by atoms with van der Waals surface area (Å²) < 4.78 is 1.81. The zero-order valence-corrected chi connectivity index (χ0v) is 13.1. The van der Waals surface area contributed by atoms with Crippen molar-refractivity contribution in [3.05, 3.63) is 72.6 Å². The summed E-state index contributed by atoms with van der Waals surface area (Å²) in [6.45, 7) is 0. The summed E-state index contributed by atoms with van der Waals surface area (Å²) in [5.74, 6) is -0.690. The summed E-state index contributed by atoms with van der Waals surface area (Å²) in [5, 5.41) is 9.15. The van der Waals surface area contributed by atoms with E-state index in [9.17, 15) is 4.79 Å². The molecule has 2 heterocycles. The highest BCUT2D eigenvalue weighted by Gasteiger charge is 2.12. The summed E-state index contributed by atoms with van der Waals surface area (Å²) in [6, 6.07) is 16.4. The van der Waals surface area contributed by atoms with E-state index < -0.39 is 5.97 Å². The molecule has 0 aliphatic carbocycles. The van der Waals surface area contributed by atoms with Crippen LogP contribution in [0, 0.1) is 0 Å². The first-order valence-electron chi connectivity index (χ1n) is 7.66. The van der Waals surface area contributed by atoms with Crippen molar-refractivity contribution >= 4 is 17.4 Å². The number of carbonyl (C=O) groups is 1. The van der Waals surface area contributed by atoms with Crippen LogP contribution in [-0.2, 0) is 0 Å². The van der Waals surface area contributed by atoms with Gasteiger partial charge in [0.25, 0.3) is 0 Å². The predicted molar refractivity (Wildman–Crippen MR) is 95.2 cm³/mol. The Morgan fingerprint density at radius 2 is 1.60 bits per heavy atom. The molecule has 0 radical (unpaired) electrons. The lowest BCUT2D eigenvalue weighted by molar-refractivity contribution is 0.0697. The average molecular weight is 330 g/mol. The second-order valence-corrected chi connectivity index (χ2v) is 5.62. The molecule has 2 aromatic carbocycles. The van der Waals surface area contributed by atoms with Gasteiger partial charge in [-0.15, -0.1) is 0 Å². The number of carboxylic acid groups (broad SMARTS) is 1. The summed E-state index contributed by atoms with van der Waals surface area (Å²) in [5.41, 5.74) is 9.90. The normalized spacial score (nSPS) is 10.9. The smallest absolute Gasteiger partial charge is 0.335 e. The highest BCUT2D eigenvalue weighted by atomic mass is 16.4. The highest BCUT2D eigenvalue weighted by molar-refractivity contribution is 5.89. The Labute approximate surface area is 143 Å². The molecule has 0 aliphatic heterocycles. The zero-order chi connectivity index (χ0) is 17.4. The van der Waals surface area contributed by atoms with E-state index in [4.69, 9.17) is 10.8 Å². The van der Waals surface area contributed by atoms with Gasteiger partial charge < -0.3 is 15.2 Å². The van der Waals surface area contributed by atoms with E-state index in [2.05, 4.69) is 9.97 Å². The maximum atomic E-state index is 11.2. The zero-order valence-electron chi connectivity index (χ0n) is 13.1. The lowest BCUT2D eigenvalue weighted by atomic mass is 10.1. The maximum Gasteiger partial charge on any atom is 0.335 e. The van der Waals surface area contributed by atoms with Crippen LogP contribution in [0.4, 0.5) is 5.82 Å². The van der Waals surface area contributed by atoms with Gasteiger partial charge in [-0.25, -0.2) is 14.8 Å². The van der Waals surface area contributed by atoms with Gasteiger partial charge in [-0.1, -0.05) is 42.5 Å². The molecule has 0 bridgehead atoms. The number of anilines is 1. The topological polar surface area (TPSA) is 93.5 Å². The molecule has 0 spiro atoms. The lowest BCUT2D eigenvalue weighted by Crippen LogP contribution is -2.00. The third kappa shape index (κ3) is 2.70. The number of nitrogens with zero attached hydrogens (tertiary/aromatic N) is 3. The van der Waals surface area contributed by atoms with Crippen molar-refractivity contribution in [3.8, 4) is 22.5 Å². The molecule has 0 aliphatic rings. The first kappa shape index (κ1) is 14.9. The fourth-order valence-electron chi connectivity index (χ4n) is 2.72. The van der Waals surface area contributed by atoms with E-state index >= 15 is 0 Å². The number of hydrogen-bond acceptors (Lipinski definition) is 4. The maximum absolute atomic E-state index is 11.2. The first-order chi connectivity index (χ1) is 12.1. The molecule has 0 fully saturated rings. The molecule has 4 rings (SSSR count). The summed E-state index contributed by atoms with van der Waals surface area (Å²) in [4.78, 5) is 20.1. The molecule has 3 N–H and O–H groups in total. The number of fused-ring (bicyclic) bond motifs is 1. The first-order valence-corrected chi connectivity index (χ1v) is 7.66. The third-order valence-electron chi connectivity index (χ3n) is 3.94. The Hall–Kier alpha value is -3.67. The van der Waals surface area contributed by atoms with Gasteiger partial charge in [-0.2, -0.15) is 0 Å². The lowest BCUT2D eigenvalue weighted by Gasteiger charge is -2.05. The van der Waals surface area contributed by atoms with E-state index in [1.54, 1.807) is 30.5 Å². The van der Waals surface area contributed by atoms with Gasteiger partial charge in [-0.05, 0) is 12.1 Å². The number of nitrogens with two attached hydrogens (primary N) is 1. The number of benzene rings is 2. The van der Waals surface area contributed by atoms with Crippen molar-refractivity contribution in [2.45, 2.75) is 0 Å². The van der Waals surface area contributed by atoms with Gasteiger partial charge in [-0.3, -0.25) is 0 Å². The SMILES string of the molecule is Nc1nc(-c2cccc(C(=O)O)c2)cn2cc(-c3ccccc3)nc12. The third-order valence-corrected chi connectivity index (χ3v) is 3.94. The number of hydrogen-bond donors (Lipinski definition) is 2. The van der Waals surface area contributed by atoms with E-state index in [0.717, 1.165) is 11.3 Å². The molecular formula is C19H14N4O2. The average Bonchev–Trinajstić information content (AvgIpc) is 3.07. The van der Waals surface area contributed by atoms with E-state index in [1.807, 2.05) is 40.9 Å². The summed E-state index contributed by atoms with van der Waals surface area (Å²) in [7, 11) is 0. The van der Waals surface area contributed by atoms with Gasteiger partial charge in [0.1, 0.15) is 0 Å². The van der Waals surface area contributed by atoms with Crippen LogP contribution >= 0.6 is 0 Å². The van der Waals surface area contributed by atoms with Gasteiger partial charge in [0.05, 0.1) is 17.0 Å². The Kier molecular flexibility index (Phi) is 3.43. The van der Waals surface area contributed by atoms with Crippen molar-refractivity contribution in [2.75, 3.05) is 5.73 Å². The number of carboxylic acids is 1.